The Kier molecular flexibility index (Phi) is 6.89. The van der Waals surface area contributed by atoms with Gasteiger partial charge in [-0.1, -0.05) is 12.2 Å². The Bertz CT molecular complexity index is 986. The van der Waals surface area contributed by atoms with E-state index in [1.165, 1.54) is 0 Å². The first-order valence-electron chi connectivity index (χ1n) is 13.0. The van der Waals surface area contributed by atoms with Crippen molar-refractivity contribution in [1.29, 1.82) is 0 Å². The predicted molar refractivity (Wildman–Crippen MR) is 136 cm³/mol. The van der Waals surface area contributed by atoms with Crippen LogP contribution < -0.4 is 0 Å². The van der Waals surface area contributed by atoms with Crippen molar-refractivity contribution in [2.24, 2.45) is 11.8 Å². The lowest BCUT2D eigenvalue weighted by molar-refractivity contribution is -0.124. The monoisotopic (exact) mass is 516 g/mol. The number of allylic oxidation sites excluding steroid dienone is 4. The molecule has 4 N–H and O–H groups in total. The minimum atomic E-state index is -1.48. The average molecular weight is 517 g/mol. The molecule has 204 valence electrons. The van der Waals surface area contributed by atoms with Crippen LogP contribution in [0.4, 0.5) is 0 Å². The number of hydrogen-bond acceptors (Lipinski definition) is 8. The number of carbonyl (C=O) groups is 2. The number of carbonyl (C=O) groups excluding carboxylic acids is 2. The Hall–Kier alpha value is -2.26. The molecule has 2 aliphatic heterocycles. The van der Waals surface area contributed by atoms with Crippen molar-refractivity contribution in [2.45, 2.75) is 107 Å². The first-order valence-corrected chi connectivity index (χ1v) is 13.0. The minimum Gasteiger partial charge on any atom is -0.488 e. The predicted octanol–water partition coefficient (Wildman–Crippen LogP) is 2.80. The summed E-state index contributed by atoms with van der Waals surface area (Å²) in [6.45, 7) is 13.8. The second-order valence-corrected chi connectivity index (χ2v) is 12.4. The summed E-state index contributed by atoms with van der Waals surface area (Å²) >= 11 is 0. The van der Waals surface area contributed by atoms with E-state index >= 15 is 0 Å². The molecule has 4 aliphatic rings. The molecular formula is C29H40O8. The first-order chi connectivity index (χ1) is 17.0. The number of aliphatic hydroxyl groups is 4. The van der Waals surface area contributed by atoms with E-state index in [9.17, 15) is 30.0 Å². The van der Waals surface area contributed by atoms with Crippen molar-refractivity contribution in [1.82, 2.24) is 0 Å². The third kappa shape index (κ3) is 4.85. The van der Waals surface area contributed by atoms with Crippen LogP contribution in [0, 0.1) is 11.8 Å². The molecule has 0 unspecified atom stereocenters. The van der Waals surface area contributed by atoms with Crippen molar-refractivity contribution >= 4 is 11.6 Å². The van der Waals surface area contributed by atoms with Gasteiger partial charge in [-0.25, -0.2) is 0 Å². The highest BCUT2D eigenvalue weighted by atomic mass is 16.5. The van der Waals surface area contributed by atoms with Gasteiger partial charge in [-0.15, -0.1) is 13.2 Å². The fourth-order valence-electron chi connectivity index (χ4n) is 6.24. The highest BCUT2D eigenvalue weighted by Gasteiger charge is 2.58. The Balaban J connectivity index is 1.84. The van der Waals surface area contributed by atoms with Crippen LogP contribution in [0.3, 0.4) is 0 Å². The Morgan fingerprint density at radius 1 is 0.784 bits per heavy atom. The summed E-state index contributed by atoms with van der Waals surface area (Å²) in [5.41, 5.74) is -5.19. The number of ether oxygens (including phenoxy) is 2. The summed E-state index contributed by atoms with van der Waals surface area (Å²) in [6.07, 6.45) is 2.72. The molecule has 0 spiro atoms. The molecule has 2 aliphatic carbocycles. The second-order valence-electron chi connectivity index (χ2n) is 12.4. The Morgan fingerprint density at radius 2 is 1.14 bits per heavy atom. The highest BCUT2D eigenvalue weighted by molar-refractivity contribution is 6.05. The van der Waals surface area contributed by atoms with Gasteiger partial charge in [0.1, 0.15) is 34.9 Å². The van der Waals surface area contributed by atoms with E-state index in [1.54, 1.807) is 39.8 Å². The van der Waals surface area contributed by atoms with Crippen LogP contribution in [0.2, 0.25) is 0 Å². The lowest BCUT2D eigenvalue weighted by Crippen LogP contribution is -2.43. The maximum Gasteiger partial charge on any atom is 0.166 e. The average Bonchev–Trinajstić information content (AvgIpc) is 3.31. The minimum absolute atomic E-state index is 0.0808. The van der Waals surface area contributed by atoms with E-state index in [0.717, 1.165) is 0 Å². The molecule has 2 heterocycles. The highest BCUT2D eigenvalue weighted by Crippen LogP contribution is 2.52. The van der Waals surface area contributed by atoms with E-state index in [1.807, 2.05) is 0 Å². The second kappa shape index (κ2) is 9.19. The Labute approximate surface area is 218 Å². The first kappa shape index (κ1) is 27.8. The summed E-state index contributed by atoms with van der Waals surface area (Å²) in [5.74, 6) is -1.49. The van der Waals surface area contributed by atoms with Gasteiger partial charge in [0.2, 0.25) is 0 Å². The molecule has 0 radical (unpaired) electrons. The van der Waals surface area contributed by atoms with Crippen molar-refractivity contribution in [3.63, 3.8) is 0 Å². The maximum atomic E-state index is 13.7. The number of Topliss-reactive ketones (excluding diaryl/α,β-unsaturated/α-hetero) is 2. The molecule has 37 heavy (non-hydrogen) atoms. The van der Waals surface area contributed by atoms with E-state index in [2.05, 4.69) is 13.2 Å². The number of rotatable bonds is 8. The lowest BCUT2D eigenvalue weighted by atomic mass is 9.69. The SMILES string of the molecule is C=CC[C@H]1C[C@@]2(O)C[C@H](C(C)(C)O)OC2=C(CC2=C3O[C@@H](C(C)(C)O)C[C@]3(O)C[C@H](CC=C)C2=O)C1=O. The van der Waals surface area contributed by atoms with Crippen LogP contribution >= 0.6 is 0 Å². The fourth-order valence-corrected chi connectivity index (χ4v) is 6.24. The summed E-state index contributed by atoms with van der Waals surface area (Å²) in [5, 5.41) is 44.5. The molecule has 2 fully saturated rings. The molecule has 2 saturated heterocycles. The van der Waals surface area contributed by atoms with Crippen molar-refractivity contribution in [2.75, 3.05) is 0 Å². The smallest absolute Gasteiger partial charge is 0.166 e. The molecule has 4 rings (SSSR count). The van der Waals surface area contributed by atoms with Crippen molar-refractivity contribution in [3.05, 3.63) is 48.0 Å². The molecule has 6 atom stereocenters. The third-order valence-corrected chi connectivity index (χ3v) is 8.30. The van der Waals surface area contributed by atoms with Crippen molar-refractivity contribution < 1.29 is 39.5 Å². The van der Waals surface area contributed by atoms with E-state index in [4.69, 9.17) is 9.47 Å². The number of ketones is 2. The summed E-state index contributed by atoms with van der Waals surface area (Å²) in [4.78, 5) is 27.4. The summed E-state index contributed by atoms with van der Waals surface area (Å²) in [7, 11) is 0. The van der Waals surface area contributed by atoms with Crippen LogP contribution in [0.1, 0.15) is 72.6 Å². The molecule has 0 aromatic rings. The largest absolute Gasteiger partial charge is 0.488 e. The lowest BCUT2D eigenvalue weighted by Gasteiger charge is -2.36. The molecule has 0 saturated carbocycles. The zero-order valence-electron chi connectivity index (χ0n) is 22.2. The molecule has 8 heteroatoms. The number of fused-ring (bicyclic) bond motifs is 2. The van der Waals surface area contributed by atoms with Crippen molar-refractivity contribution in [3.8, 4) is 0 Å². The molecule has 0 aromatic heterocycles. The molecule has 8 nitrogen and oxygen atoms in total. The van der Waals surface area contributed by atoms with E-state index in [-0.39, 0.29) is 66.3 Å². The van der Waals surface area contributed by atoms with Gasteiger partial charge in [-0.2, -0.15) is 0 Å². The molecule has 0 bridgehead atoms. The Morgan fingerprint density at radius 3 is 1.43 bits per heavy atom. The zero-order valence-corrected chi connectivity index (χ0v) is 22.2. The zero-order chi connectivity index (χ0) is 27.6. The van der Waals surface area contributed by atoms with Gasteiger partial charge < -0.3 is 29.9 Å². The van der Waals surface area contributed by atoms with Crippen LogP contribution in [0.25, 0.3) is 0 Å². The molecule has 0 amide bonds. The van der Waals surface area contributed by atoms with Crippen LogP contribution in [-0.2, 0) is 19.1 Å². The van der Waals surface area contributed by atoms with Crippen LogP contribution in [0.5, 0.6) is 0 Å². The molecular weight excluding hydrogens is 476 g/mol. The topological polar surface area (TPSA) is 134 Å². The van der Waals surface area contributed by atoms with Gasteiger partial charge in [0.05, 0.1) is 11.2 Å². The van der Waals surface area contributed by atoms with Crippen LogP contribution in [0.15, 0.2) is 48.0 Å². The molecule has 0 aromatic carbocycles. The fraction of sp³-hybridized carbons (Fsp3) is 0.655. The van der Waals surface area contributed by atoms with Gasteiger partial charge in [0.25, 0.3) is 0 Å². The van der Waals surface area contributed by atoms with Gasteiger partial charge >= 0.3 is 0 Å². The number of hydrogen-bond donors (Lipinski definition) is 4. The van der Waals surface area contributed by atoms with Crippen LogP contribution in [-0.4, -0.2) is 66.6 Å². The quantitative estimate of drug-likeness (QED) is 0.362. The standard InChI is InChI=1S/C29H40O8/c1-7-9-16-12-28(34)14-20(26(3,4)32)36-24(28)18(22(16)30)11-19-23(31)17(10-8-2)13-29(35)15-21(27(5,6)33)37-25(19)29/h7-8,16-17,20-21,32-35H,1-2,9-15H2,3-6H3/t16-,17-,20+,21+,28+,29+/m0/s1. The third-order valence-electron chi connectivity index (χ3n) is 8.30. The van der Waals surface area contributed by atoms with E-state index < -0.39 is 46.4 Å². The normalized spacial score (nSPS) is 36.2. The van der Waals surface area contributed by atoms with Gasteiger partial charge in [-0.3, -0.25) is 9.59 Å². The van der Waals surface area contributed by atoms with Gasteiger partial charge in [0, 0.05) is 42.2 Å². The summed E-state index contributed by atoms with van der Waals surface area (Å²) < 4.78 is 12.1. The van der Waals surface area contributed by atoms with E-state index in [0.29, 0.717) is 12.8 Å². The van der Waals surface area contributed by atoms with Gasteiger partial charge in [0.15, 0.2) is 11.6 Å². The van der Waals surface area contributed by atoms with Gasteiger partial charge in [-0.05, 0) is 53.4 Å². The maximum absolute atomic E-state index is 13.7. The summed E-state index contributed by atoms with van der Waals surface area (Å²) in [6, 6.07) is 0.